The van der Waals surface area contributed by atoms with E-state index >= 15 is 0 Å². The second kappa shape index (κ2) is 9.98. The summed E-state index contributed by atoms with van der Waals surface area (Å²) in [5.41, 5.74) is 11.6. The molecule has 0 aliphatic heterocycles. The molecule has 3 aromatic carbocycles. The first-order chi connectivity index (χ1) is 15.9. The zero-order chi connectivity index (χ0) is 23.4. The minimum absolute atomic E-state index is 0.103. The van der Waals surface area contributed by atoms with Crippen molar-refractivity contribution in [3.05, 3.63) is 107 Å². The molecule has 1 aromatic heterocycles. The highest BCUT2D eigenvalue weighted by molar-refractivity contribution is 7.80. The van der Waals surface area contributed by atoms with Gasteiger partial charge >= 0.3 is 0 Å². The molecular weight excluding hydrogens is 428 g/mol. The van der Waals surface area contributed by atoms with E-state index in [0.717, 1.165) is 34.1 Å². The Balaban J connectivity index is 1.56. The van der Waals surface area contributed by atoms with Crippen molar-refractivity contribution in [2.75, 3.05) is 14.1 Å². The molecule has 1 amide bonds. The van der Waals surface area contributed by atoms with Gasteiger partial charge in [0.25, 0.3) is 5.91 Å². The van der Waals surface area contributed by atoms with Gasteiger partial charge in [0.2, 0.25) is 0 Å². The number of hydrogen-bond donors (Lipinski definition) is 2. The first kappa shape index (κ1) is 22.7. The molecule has 0 spiro atoms. The van der Waals surface area contributed by atoms with Gasteiger partial charge in [-0.05, 0) is 49.0 Å². The zero-order valence-corrected chi connectivity index (χ0v) is 19.7. The number of thiocarbonyl (C=S) groups is 1. The molecule has 0 fully saturated rings. The van der Waals surface area contributed by atoms with E-state index in [1.54, 1.807) is 0 Å². The highest BCUT2D eigenvalue weighted by Gasteiger charge is 2.16. The fourth-order valence-electron chi connectivity index (χ4n) is 3.97. The van der Waals surface area contributed by atoms with E-state index in [1.165, 1.54) is 5.56 Å². The van der Waals surface area contributed by atoms with Gasteiger partial charge in [-0.15, -0.1) is 0 Å². The molecule has 0 atom stereocenters. The molecule has 0 radical (unpaired) electrons. The lowest BCUT2D eigenvalue weighted by atomic mass is 10.1. The normalized spacial score (nSPS) is 11.1. The van der Waals surface area contributed by atoms with Gasteiger partial charge in [0.05, 0.1) is 0 Å². The first-order valence-electron chi connectivity index (χ1n) is 10.9. The third-order valence-electron chi connectivity index (χ3n) is 5.57. The van der Waals surface area contributed by atoms with Crippen LogP contribution in [0.15, 0.2) is 78.9 Å². The highest BCUT2D eigenvalue weighted by Crippen LogP contribution is 2.22. The molecule has 0 saturated heterocycles. The average molecular weight is 457 g/mol. The van der Waals surface area contributed by atoms with Crippen LogP contribution in [0.4, 0.5) is 0 Å². The zero-order valence-electron chi connectivity index (χ0n) is 18.9. The van der Waals surface area contributed by atoms with Crippen molar-refractivity contribution in [3.63, 3.8) is 0 Å². The molecule has 3 N–H and O–H groups in total. The van der Waals surface area contributed by atoms with Crippen molar-refractivity contribution in [2.24, 2.45) is 5.73 Å². The first-order valence-corrected chi connectivity index (χ1v) is 11.3. The minimum Gasteiger partial charge on any atom is -0.389 e. The fraction of sp³-hybridized carbons (Fsp3) is 0.185. The summed E-state index contributed by atoms with van der Waals surface area (Å²) >= 11 is 5.13. The lowest BCUT2D eigenvalue weighted by molar-refractivity contribution is 0.0942. The van der Waals surface area contributed by atoms with Gasteiger partial charge in [0.1, 0.15) is 10.7 Å². The van der Waals surface area contributed by atoms with E-state index in [4.69, 9.17) is 18.0 Å². The molecule has 5 nitrogen and oxygen atoms in total. The van der Waals surface area contributed by atoms with E-state index in [0.29, 0.717) is 23.8 Å². The van der Waals surface area contributed by atoms with Crippen LogP contribution in [-0.4, -0.2) is 34.5 Å². The van der Waals surface area contributed by atoms with E-state index < -0.39 is 0 Å². The molecule has 0 aliphatic carbocycles. The standard InChI is InChI=1S/C27H28N4OS/c1-30(2)17-20-12-10-19(11-13-20)16-29-27(32)25-15-22-7-3-4-9-24(22)31(25)18-21-6-5-8-23(14-21)26(28)33/h3-15H,16-18H2,1-2H3,(H2,28,33)(H,29,32). The number of carbonyl (C=O) groups excluding carboxylic acids is 1. The average Bonchev–Trinajstić information content (AvgIpc) is 3.17. The number of carbonyl (C=O) groups is 1. The maximum absolute atomic E-state index is 13.2. The Labute approximate surface area is 199 Å². The van der Waals surface area contributed by atoms with Gasteiger partial charge in [0, 0.05) is 36.1 Å². The smallest absolute Gasteiger partial charge is 0.268 e. The summed E-state index contributed by atoms with van der Waals surface area (Å²) in [5.74, 6) is -0.103. The van der Waals surface area contributed by atoms with E-state index in [1.807, 2.05) is 73.3 Å². The summed E-state index contributed by atoms with van der Waals surface area (Å²) in [7, 11) is 4.10. The van der Waals surface area contributed by atoms with Gasteiger partial charge in [-0.3, -0.25) is 4.79 Å². The Morgan fingerprint density at radius 2 is 1.67 bits per heavy atom. The third-order valence-corrected chi connectivity index (χ3v) is 5.81. The van der Waals surface area contributed by atoms with Crippen LogP contribution in [-0.2, 0) is 19.6 Å². The monoisotopic (exact) mass is 456 g/mol. The fourth-order valence-corrected chi connectivity index (χ4v) is 4.10. The molecule has 1 heterocycles. The molecule has 168 valence electrons. The molecule has 0 saturated carbocycles. The SMILES string of the molecule is CN(C)Cc1ccc(CNC(=O)c2cc3ccccc3n2Cc2cccc(C(N)=S)c2)cc1. The van der Waals surface area contributed by atoms with Crippen LogP contribution in [0.1, 0.15) is 32.7 Å². The van der Waals surface area contributed by atoms with Crippen LogP contribution in [0.2, 0.25) is 0 Å². The molecule has 4 aromatic rings. The summed E-state index contributed by atoms with van der Waals surface area (Å²) in [6.07, 6.45) is 0. The van der Waals surface area contributed by atoms with Gasteiger partial charge in [-0.2, -0.15) is 0 Å². The van der Waals surface area contributed by atoms with Gasteiger partial charge < -0.3 is 20.5 Å². The summed E-state index contributed by atoms with van der Waals surface area (Å²) in [6, 6.07) is 26.2. The Morgan fingerprint density at radius 3 is 2.39 bits per heavy atom. The van der Waals surface area contributed by atoms with Gasteiger partial charge in [-0.1, -0.05) is 72.9 Å². The molecular formula is C27H28N4OS. The Morgan fingerprint density at radius 1 is 0.939 bits per heavy atom. The van der Waals surface area contributed by atoms with Crippen molar-refractivity contribution in [1.29, 1.82) is 0 Å². The Bertz CT molecular complexity index is 1290. The predicted molar refractivity (Wildman–Crippen MR) is 138 cm³/mol. The number of benzene rings is 3. The quantitative estimate of drug-likeness (QED) is 0.388. The number of nitrogens with one attached hydrogen (secondary N) is 1. The lowest BCUT2D eigenvalue weighted by Crippen LogP contribution is -2.25. The molecule has 33 heavy (non-hydrogen) atoms. The van der Waals surface area contributed by atoms with E-state index in [2.05, 4.69) is 34.5 Å². The Kier molecular flexibility index (Phi) is 6.87. The second-order valence-electron chi connectivity index (χ2n) is 8.48. The highest BCUT2D eigenvalue weighted by atomic mass is 32.1. The maximum Gasteiger partial charge on any atom is 0.268 e. The number of rotatable bonds is 8. The number of fused-ring (bicyclic) bond motifs is 1. The van der Waals surface area contributed by atoms with Crippen molar-refractivity contribution in [1.82, 2.24) is 14.8 Å². The van der Waals surface area contributed by atoms with Gasteiger partial charge in [-0.25, -0.2) is 0 Å². The summed E-state index contributed by atoms with van der Waals surface area (Å²) in [4.78, 5) is 15.7. The van der Waals surface area contributed by atoms with Gasteiger partial charge in [0.15, 0.2) is 0 Å². The maximum atomic E-state index is 13.2. The molecule has 0 bridgehead atoms. The topological polar surface area (TPSA) is 63.3 Å². The second-order valence-corrected chi connectivity index (χ2v) is 8.92. The number of amides is 1. The van der Waals surface area contributed by atoms with Crippen molar-refractivity contribution < 1.29 is 4.79 Å². The number of para-hydroxylation sites is 1. The number of hydrogen-bond acceptors (Lipinski definition) is 3. The Hall–Kier alpha value is -3.48. The molecule has 0 aliphatic rings. The third kappa shape index (κ3) is 5.48. The van der Waals surface area contributed by atoms with Crippen LogP contribution in [0.25, 0.3) is 10.9 Å². The van der Waals surface area contributed by atoms with E-state index in [9.17, 15) is 4.79 Å². The summed E-state index contributed by atoms with van der Waals surface area (Å²) in [6.45, 7) is 1.91. The largest absolute Gasteiger partial charge is 0.389 e. The van der Waals surface area contributed by atoms with Crippen LogP contribution < -0.4 is 11.1 Å². The summed E-state index contributed by atoms with van der Waals surface area (Å²) < 4.78 is 2.05. The van der Waals surface area contributed by atoms with Crippen molar-refractivity contribution in [3.8, 4) is 0 Å². The predicted octanol–water partition coefficient (Wildman–Crippen LogP) is 4.32. The van der Waals surface area contributed by atoms with Crippen molar-refractivity contribution in [2.45, 2.75) is 19.6 Å². The molecule has 4 rings (SSSR count). The van der Waals surface area contributed by atoms with Crippen LogP contribution in [0.3, 0.4) is 0 Å². The number of nitrogens with zero attached hydrogens (tertiary/aromatic N) is 2. The van der Waals surface area contributed by atoms with Crippen molar-refractivity contribution >= 4 is 34.0 Å². The lowest BCUT2D eigenvalue weighted by Gasteiger charge is -2.13. The molecule has 0 unspecified atom stereocenters. The summed E-state index contributed by atoms with van der Waals surface area (Å²) in [5, 5.41) is 4.11. The minimum atomic E-state index is -0.103. The van der Waals surface area contributed by atoms with Crippen LogP contribution in [0.5, 0.6) is 0 Å². The number of aromatic nitrogens is 1. The number of nitrogens with two attached hydrogens (primary N) is 1. The van der Waals surface area contributed by atoms with Crippen LogP contribution >= 0.6 is 12.2 Å². The van der Waals surface area contributed by atoms with E-state index in [-0.39, 0.29) is 5.91 Å². The molecule has 6 heteroatoms. The van der Waals surface area contributed by atoms with Crippen LogP contribution in [0, 0.1) is 0 Å².